The van der Waals surface area contributed by atoms with E-state index in [1.54, 1.807) is 6.07 Å². The van der Waals surface area contributed by atoms with E-state index in [1.807, 2.05) is 43.5 Å². The lowest BCUT2D eigenvalue weighted by Crippen LogP contribution is -2.41. The van der Waals surface area contributed by atoms with Crippen LogP contribution in [0, 0.1) is 6.92 Å². The molecule has 0 fully saturated rings. The number of aryl methyl sites for hydroxylation is 2. The van der Waals surface area contributed by atoms with Crippen LogP contribution in [0.3, 0.4) is 0 Å². The van der Waals surface area contributed by atoms with Crippen LogP contribution in [0.5, 0.6) is 0 Å². The number of nitrogens with zero attached hydrogens (tertiary/aromatic N) is 3. The monoisotopic (exact) mass is 322 g/mol. The molecule has 4 rings (SSSR count). The Hall–Kier alpha value is -2.89. The highest BCUT2D eigenvalue weighted by molar-refractivity contribution is 5.93. The van der Waals surface area contributed by atoms with Crippen molar-refractivity contribution in [2.45, 2.75) is 32.4 Å². The maximum absolute atomic E-state index is 12.4. The molecule has 3 heterocycles. The third-order valence-corrected chi connectivity index (χ3v) is 4.25. The first kappa shape index (κ1) is 14.7. The van der Waals surface area contributed by atoms with Gasteiger partial charge in [0.15, 0.2) is 11.5 Å². The van der Waals surface area contributed by atoms with Gasteiger partial charge in [0, 0.05) is 36.8 Å². The van der Waals surface area contributed by atoms with Gasteiger partial charge in [-0.05, 0) is 13.3 Å². The van der Waals surface area contributed by atoms with Crippen molar-refractivity contribution in [2.75, 3.05) is 0 Å². The van der Waals surface area contributed by atoms with E-state index in [4.69, 9.17) is 4.52 Å². The molecule has 6 heteroatoms. The third-order valence-electron chi connectivity index (χ3n) is 4.25. The van der Waals surface area contributed by atoms with Crippen molar-refractivity contribution in [3.63, 3.8) is 0 Å². The molecule has 6 nitrogen and oxygen atoms in total. The lowest BCUT2D eigenvalue weighted by molar-refractivity contribution is 0.0918. The second-order valence-corrected chi connectivity index (χ2v) is 6.10. The lowest BCUT2D eigenvalue weighted by Gasteiger charge is -2.24. The fraction of sp³-hybridized carbons (Fsp3) is 0.278. The van der Waals surface area contributed by atoms with E-state index in [0.29, 0.717) is 11.5 Å². The Balaban J connectivity index is 1.45. The Morgan fingerprint density at radius 3 is 3.00 bits per heavy atom. The molecule has 2 aromatic heterocycles. The summed E-state index contributed by atoms with van der Waals surface area (Å²) in [5.74, 6) is 1.48. The Kier molecular flexibility index (Phi) is 3.65. The molecule has 0 saturated heterocycles. The number of nitrogens with one attached hydrogen (secondary N) is 1. The fourth-order valence-corrected chi connectivity index (χ4v) is 3.08. The zero-order chi connectivity index (χ0) is 16.5. The molecule has 24 heavy (non-hydrogen) atoms. The Morgan fingerprint density at radius 2 is 2.17 bits per heavy atom. The summed E-state index contributed by atoms with van der Waals surface area (Å²) in [5.41, 5.74) is 2.22. The van der Waals surface area contributed by atoms with Crippen molar-refractivity contribution >= 4 is 5.91 Å². The molecule has 1 aliphatic rings. The van der Waals surface area contributed by atoms with Crippen LogP contribution in [0.15, 0.2) is 47.1 Å². The average molecular weight is 322 g/mol. The van der Waals surface area contributed by atoms with Gasteiger partial charge in [0.2, 0.25) is 0 Å². The number of rotatable bonds is 3. The lowest BCUT2D eigenvalue weighted by atomic mass is 10.1. The first-order valence-corrected chi connectivity index (χ1v) is 8.05. The number of aromatic nitrogens is 3. The number of hydrogen-bond acceptors (Lipinski definition) is 4. The second-order valence-electron chi connectivity index (χ2n) is 6.10. The van der Waals surface area contributed by atoms with Crippen LogP contribution in [-0.2, 0) is 13.0 Å². The summed E-state index contributed by atoms with van der Waals surface area (Å²) in [6.07, 6.45) is 3.77. The molecular weight excluding hydrogens is 304 g/mol. The van der Waals surface area contributed by atoms with Crippen molar-refractivity contribution in [1.29, 1.82) is 0 Å². The quantitative estimate of drug-likeness (QED) is 0.804. The molecule has 122 valence electrons. The minimum atomic E-state index is -0.203. The highest BCUT2D eigenvalue weighted by atomic mass is 16.5. The number of carbonyl (C=O) groups excluding carboxylic acids is 1. The molecule has 1 atom stereocenters. The summed E-state index contributed by atoms with van der Waals surface area (Å²) in [7, 11) is 0. The van der Waals surface area contributed by atoms with Crippen molar-refractivity contribution in [3.8, 4) is 11.3 Å². The smallest absolute Gasteiger partial charge is 0.273 e. The van der Waals surface area contributed by atoms with E-state index in [0.717, 1.165) is 36.5 Å². The molecular formula is C18H18N4O2. The first-order valence-electron chi connectivity index (χ1n) is 8.05. The molecule has 1 N–H and O–H groups in total. The van der Waals surface area contributed by atoms with Gasteiger partial charge < -0.3 is 14.4 Å². The fourth-order valence-electron chi connectivity index (χ4n) is 3.08. The van der Waals surface area contributed by atoms with E-state index >= 15 is 0 Å². The molecule has 1 aromatic carbocycles. The summed E-state index contributed by atoms with van der Waals surface area (Å²) in [5, 5.41) is 6.94. The van der Waals surface area contributed by atoms with Gasteiger partial charge >= 0.3 is 0 Å². The van der Waals surface area contributed by atoms with Crippen LogP contribution in [0.1, 0.15) is 28.4 Å². The van der Waals surface area contributed by atoms with Gasteiger partial charge in [-0.15, -0.1) is 0 Å². The van der Waals surface area contributed by atoms with Gasteiger partial charge in [-0.3, -0.25) is 4.79 Å². The van der Waals surface area contributed by atoms with Crippen LogP contribution in [-0.4, -0.2) is 26.7 Å². The summed E-state index contributed by atoms with van der Waals surface area (Å²) < 4.78 is 7.41. The van der Waals surface area contributed by atoms with Gasteiger partial charge in [-0.1, -0.05) is 35.5 Å². The molecule has 0 aliphatic carbocycles. The third kappa shape index (κ3) is 2.82. The normalized spacial score (nSPS) is 16.6. The van der Waals surface area contributed by atoms with Crippen molar-refractivity contribution in [3.05, 3.63) is 59.8 Å². The van der Waals surface area contributed by atoms with Gasteiger partial charge in [-0.25, -0.2) is 4.98 Å². The highest BCUT2D eigenvalue weighted by Gasteiger charge is 2.23. The van der Waals surface area contributed by atoms with Gasteiger partial charge in [-0.2, -0.15) is 0 Å². The number of amides is 1. The largest absolute Gasteiger partial charge is 0.355 e. The standard InChI is InChI=1S/C18H18N4O2/c1-12-10-22-11-14(7-8-17(22)19-12)20-18(23)15-9-16(24-21-15)13-5-3-2-4-6-13/h2-6,9-10,14H,7-8,11H2,1H3,(H,20,23). The minimum Gasteiger partial charge on any atom is -0.355 e. The van der Waals surface area contributed by atoms with E-state index in [9.17, 15) is 4.79 Å². The minimum absolute atomic E-state index is 0.0791. The summed E-state index contributed by atoms with van der Waals surface area (Å²) in [6, 6.07) is 11.4. The molecule has 1 aliphatic heterocycles. The number of hydrogen-bond donors (Lipinski definition) is 1. The molecule has 0 spiro atoms. The average Bonchev–Trinajstić information content (AvgIpc) is 3.21. The maximum atomic E-state index is 12.4. The summed E-state index contributed by atoms with van der Waals surface area (Å²) in [4.78, 5) is 16.9. The Labute approximate surface area is 139 Å². The van der Waals surface area contributed by atoms with Gasteiger partial charge in [0.25, 0.3) is 5.91 Å². The predicted octanol–water partition coefficient (Wildman–Crippen LogP) is 2.59. The van der Waals surface area contributed by atoms with Crippen LogP contribution in [0.4, 0.5) is 0 Å². The van der Waals surface area contributed by atoms with E-state index in [2.05, 4.69) is 20.0 Å². The molecule has 1 unspecified atom stereocenters. The van der Waals surface area contributed by atoms with Crippen LogP contribution in [0.25, 0.3) is 11.3 Å². The highest BCUT2D eigenvalue weighted by Crippen LogP contribution is 2.20. The topological polar surface area (TPSA) is 73.0 Å². The predicted molar refractivity (Wildman–Crippen MR) is 88.5 cm³/mol. The molecule has 3 aromatic rings. The van der Waals surface area contributed by atoms with Gasteiger partial charge in [0.1, 0.15) is 5.82 Å². The van der Waals surface area contributed by atoms with Gasteiger partial charge in [0.05, 0.1) is 5.69 Å². The van der Waals surface area contributed by atoms with Crippen molar-refractivity contribution < 1.29 is 9.32 Å². The maximum Gasteiger partial charge on any atom is 0.273 e. The second kappa shape index (κ2) is 5.96. The number of benzene rings is 1. The molecule has 0 radical (unpaired) electrons. The molecule has 0 saturated carbocycles. The number of fused-ring (bicyclic) bond motifs is 1. The Morgan fingerprint density at radius 1 is 1.33 bits per heavy atom. The Bertz CT molecular complexity index is 866. The van der Waals surface area contributed by atoms with Crippen molar-refractivity contribution in [2.24, 2.45) is 0 Å². The van der Waals surface area contributed by atoms with E-state index < -0.39 is 0 Å². The molecule has 0 bridgehead atoms. The van der Waals surface area contributed by atoms with Crippen molar-refractivity contribution in [1.82, 2.24) is 20.0 Å². The molecule has 1 amide bonds. The first-order chi connectivity index (χ1) is 11.7. The number of carbonyl (C=O) groups is 1. The number of imidazole rings is 1. The van der Waals surface area contributed by atoms with E-state index in [1.165, 1.54) is 0 Å². The summed E-state index contributed by atoms with van der Waals surface area (Å²) >= 11 is 0. The zero-order valence-corrected chi connectivity index (χ0v) is 13.4. The van der Waals surface area contributed by atoms with E-state index in [-0.39, 0.29) is 11.9 Å². The van der Waals surface area contributed by atoms with Crippen LogP contribution in [0.2, 0.25) is 0 Å². The van der Waals surface area contributed by atoms with Crippen LogP contribution >= 0.6 is 0 Å². The zero-order valence-electron chi connectivity index (χ0n) is 13.4. The van der Waals surface area contributed by atoms with Crippen LogP contribution < -0.4 is 5.32 Å². The SMILES string of the molecule is Cc1cn2c(n1)CCC(NC(=O)c1cc(-c3ccccc3)on1)C2. The summed E-state index contributed by atoms with van der Waals surface area (Å²) in [6.45, 7) is 2.73.